The van der Waals surface area contributed by atoms with Gasteiger partial charge in [-0.15, -0.1) is 0 Å². The standard InChI is InChI=1S/C12H18BrNO/c1-9(14)12(7-3-2-4-8-12)10-5-6-11(13)15-10/h5-6,9H,2-4,7-8,14H2,1H3. The lowest BCUT2D eigenvalue weighted by atomic mass is 9.68. The van der Waals surface area contributed by atoms with Crippen LogP contribution in [0.2, 0.25) is 0 Å². The molecule has 15 heavy (non-hydrogen) atoms. The van der Waals surface area contributed by atoms with Gasteiger partial charge in [0.25, 0.3) is 0 Å². The van der Waals surface area contributed by atoms with Crippen molar-refractivity contribution in [3.05, 3.63) is 22.6 Å². The lowest BCUT2D eigenvalue weighted by Crippen LogP contribution is -2.44. The molecule has 0 aliphatic heterocycles. The third kappa shape index (κ3) is 2.00. The van der Waals surface area contributed by atoms with Crippen molar-refractivity contribution in [2.45, 2.75) is 50.5 Å². The van der Waals surface area contributed by atoms with Crippen molar-refractivity contribution in [2.24, 2.45) is 5.73 Å². The van der Waals surface area contributed by atoms with Gasteiger partial charge in [-0.3, -0.25) is 0 Å². The molecular formula is C12H18BrNO. The third-order valence-electron chi connectivity index (χ3n) is 3.68. The molecule has 1 aliphatic carbocycles. The molecule has 2 nitrogen and oxygen atoms in total. The van der Waals surface area contributed by atoms with Gasteiger partial charge in [0.15, 0.2) is 4.67 Å². The van der Waals surface area contributed by atoms with Gasteiger partial charge in [0.1, 0.15) is 5.76 Å². The first-order chi connectivity index (χ1) is 7.15. The molecule has 0 amide bonds. The van der Waals surface area contributed by atoms with E-state index >= 15 is 0 Å². The highest BCUT2D eigenvalue weighted by Crippen LogP contribution is 2.42. The first-order valence-electron chi connectivity index (χ1n) is 5.66. The normalized spacial score (nSPS) is 22.6. The van der Waals surface area contributed by atoms with Crippen molar-refractivity contribution in [1.29, 1.82) is 0 Å². The van der Waals surface area contributed by atoms with Crippen molar-refractivity contribution >= 4 is 15.9 Å². The van der Waals surface area contributed by atoms with Gasteiger partial charge in [-0.1, -0.05) is 19.3 Å². The molecular weight excluding hydrogens is 254 g/mol. The van der Waals surface area contributed by atoms with Gasteiger partial charge < -0.3 is 10.2 Å². The molecule has 1 heterocycles. The second-order valence-electron chi connectivity index (χ2n) is 4.61. The molecule has 1 aromatic rings. The van der Waals surface area contributed by atoms with Gasteiger partial charge in [-0.05, 0) is 47.8 Å². The van der Waals surface area contributed by atoms with Crippen LogP contribution < -0.4 is 5.73 Å². The number of halogens is 1. The van der Waals surface area contributed by atoms with Crippen molar-refractivity contribution in [3.8, 4) is 0 Å². The lowest BCUT2D eigenvalue weighted by molar-refractivity contribution is 0.209. The highest BCUT2D eigenvalue weighted by molar-refractivity contribution is 9.10. The predicted octanol–water partition coefficient (Wildman–Crippen LogP) is 3.59. The molecule has 0 spiro atoms. The number of rotatable bonds is 2. The summed E-state index contributed by atoms with van der Waals surface area (Å²) >= 11 is 3.36. The van der Waals surface area contributed by atoms with E-state index in [0.29, 0.717) is 0 Å². The molecule has 0 bridgehead atoms. The zero-order valence-corrected chi connectivity index (χ0v) is 10.7. The minimum absolute atomic E-state index is 0.0737. The highest BCUT2D eigenvalue weighted by Gasteiger charge is 2.39. The molecule has 3 heteroatoms. The summed E-state index contributed by atoms with van der Waals surface area (Å²) in [6, 6.07) is 4.20. The minimum atomic E-state index is 0.0737. The average Bonchev–Trinajstić information content (AvgIpc) is 2.66. The van der Waals surface area contributed by atoms with Crippen LogP contribution in [-0.2, 0) is 5.41 Å². The Bertz CT molecular complexity index is 326. The van der Waals surface area contributed by atoms with Crippen LogP contribution in [0.15, 0.2) is 21.2 Å². The Labute approximate surface area is 99.3 Å². The largest absolute Gasteiger partial charge is 0.454 e. The van der Waals surface area contributed by atoms with E-state index in [-0.39, 0.29) is 11.5 Å². The molecule has 1 aliphatic rings. The molecule has 84 valence electrons. The Morgan fingerprint density at radius 1 is 1.33 bits per heavy atom. The molecule has 0 aromatic carbocycles. The quantitative estimate of drug-likeness (QED) is 0.893. The van der Waals surface area contributed by atoms with E-state index in [0.717, 1.165) is 23.3 Å². The molecule has 1 unspecified atom stereocenters. The summed E-state index contributed by atoms with van der Waals surface area (Å²) in [6.45, 7) is 2.10. The van der Waals surface area contributed by atoms with Crippen molar-refractivity contribution in [1.82, 2.24) is 0 Å². The summed E-state index contributed by atoms with van der Waals surface area (Å²) in [5.41, 5.74) is 6.24. The maximum atomic E-state index is 6.17. The van der Waals surface area contributed by atoms with E-state index in [4.69, 9.17) is 10.2 Å². The first-order valence-corrected chi connectivity index (χ1v) is 6.46. The Hall–Kier alpha value is -0.280. The van der Waals surface area contributed by atoms with Gasteiger partial charge in [0.2, 0.25) is 0 Å². The van der Waals surface area contributed by atoms with Crippen LogP contribution in [0.1, 0.15) is 44.8 Å². The third-order valence-corrected chi connectivity index (χ3v) is 4.11. The van der Waals surface area contributed by atoms with Crippen molar-refractivity contribution in [3.63, 3.8) is 0 Å². The monoisotopic (exact) mass is 271 g/mol. The molecule has 0 radical (unpaired) electrons. The molecule has 1 aromatic heterocycles. The average molecular weight is 272 g/mol. The van der Waals surface area contributed by atoms with Gasteiger partial charge in [0, 0.05) is 11.5 Å². The van der Waals surface area contributed by atoms with E-state index in [1.807, 2.05) is 6.07 Å². The fraction of sp³-hybridized carbons (Fsp3) is 0.667. The zero-order valence-electron chi connectivity index (χ0n) is 9.13. The van der Waals surface area contributed by atoms with E-state index in [1.165, 1.54) is 19.3 Å². The summed E-state index contributed by atoms with van der Waals surface area (Å²) in [4.78, 5) is 0. The summed E-state index contributed by atoms with van der Waals surface area (Å²) in [5, 5.41) is 0. The van der Waals surface area contributed by atoms with Gasteiger partial charge >= 0.3 is 0 Å². The smallest absolute Gasteiger partial charge is 0.169 e. The topological polar surface area (TPSA) is 39.2 Å². The summed E-state index contributed by atoms with van der Waals surface area (Å²) in [5.74, 6) is 1.06. The lowest BCUT2D eigenvalue weighted by Gasteiger charge is -2.38. The Morgan fingerprint density at radius 3 is 2.47 bits per heavy atom. The van der Waals surface area contributed by atoms with E-state index in [9.17, 15) is 0 Å². The molecule has 1 saturated carbocycles. The van der Waals surface area contributed by atoms with Crippen LogP contribution in [0.5, 0.6) is 0 Å². The molecule has 2 rings (SSSR count). The van der Waals surface area contributed by atoms with E-state index < -0.39 is 0 Å². The van der Waals surface area contributed by atoms with Gasteiger partial charge in [-0.2, -0.15) is 0 Å². The van der Waals surface area contributed by atoms with Gasteiger partial charge in [0.05, 0.1) is 0 Å². The Balaban J connectivity index is 2.33. The number of hydrogen-bond donors (Lipinski definition) is 1. The summed E-state index contributed by atoms with van der Waals surface area (Å²) < 4.78 is 6.53. The van der Waals surface area contributed by atoms with E-state index in [1.54, 1.807) is 0 Å². The van der Waals surface area contributed by atoms with Crippen LogP contribution in [0.4, 0.5) is 0 Å². The van der Waals surface area contributed by atoms with Crippen LogP contribution in [0.25, 0.3) is 0 Å². The second kappa shape index (κ2) is 4.30. The van der Waals surface area contributed by atoms with Crippen LogP contribution in [0.3, 0.4) is 0 Å². The van der Waals surface area contributed by atoms with Crippen LogP contribution in [-0.4, -0.2) is 6.04 Å². The number of furan rings is 1. The molecule has 1 atom stereocenters. The number of nitrogens with two attached hydrogens (primary N) is 1. The van der Waals surface area contributed by atoms with Gasteiger partial charge in [-0.25, -0.2) is 0 Å². The first kappa shape index (κ1) is 11.2. The second-order valence-corrected chi connectivity index (χ2v) is 5.39. The number of hydrogen-bond acceptors (Lipinski definition) is 2. The SMILES string of the molecule is CC(N)C1(c2ccc(Br)o2)CCCCC1. The Kier molecular flexibility index (Phi) is 3.21. The van der Waals surface area contributed by atoms with Crippen molar-refractivity contribution < 1.29 is 4.42 Å². The maximum Gasteiger partial charge on any atom is 0.169 e. The fourth-order valence-corrected chi connectivity index (χ4v) is 3.00. The fourth-order valence-electron chi connectivity index (χ4n) is 2.69. The predicted molar refractivity (Wildman–Crippen MR) is 64.8 cm³/mol. The summed E-state index contributed by atoms with van der Waals surface area (Å²) in [6.07, 6.45) is 6.17. The van der Waals surface area contributed by atoms with E-state index in [2.05, 4.69) is 28.9 Å². The van der Waals surface area contributed by atoms with Crippen LogP contribution >= 0.6 is 15.9 Å². The summed E-state index contributed by atoms with van der Waals surface area (Å²) in [7, 11) is 0. The molecule has 2 N–H and O–H groups in total. The highest BCUT2D eigenvalue weighted by atomic mass is 79.9. The maximum absolute atomic E-state index is 6.17. The van der Waals surface area contributed by atoms with Crippen molar-refractivity contribution in [2.75, 3.05) is 0 Å². The van der Waals surface area contributed by atoms with Crippen LogP contribution in [0, 0.1) is 0 Å². The molecule has 0 saturated heterocycles. The zero-order chi connectivity index (χ0) is 10.9. The Morgan fingerprint density at radius 2 is 2.00 bits per heavy atom. The molecule has 1 fully saturated rings. The minimum Gasteiger partial charge on any atom is -0.454 e.